The lowest BCUT2D eigenvalue weighted by Crippen LogP contribution is -2.36. The fourth-order valence-electron chi connectivity index (χ4n) is 3.82. The Bertz CT molecular complexity index is 958. The molecule has 2 amide bonds. The minimum Gasteiger partial charge on any atom is -0.349 e. The van der Waals surface area contributed by atoms with Crippen LogP contribution < -0.4 is 10.2 Å². The highest BCUT2D eigenvalue weighted by atomic mass is 16.2. The van der Waals surface area contributed by atoms with Crippen molar-refractivity contribution in [3.63, 3.8) is 0 Å². The van der Waals surface area contributed by atoms with Crippen LogP contribution in [0.3, 0.4) is 0 Å². The number of hydrogen-bond donors (Lipinski definition) is 1. The van der Waals surface area contributed by atoms with E-state index in [2.05, 4.69) is 17.4 Å². The number of rotatable bonds is 6. The number of hydrogen-bond acceptors (Lipinski definition) is 2. The number of amides is 2. The lowest BCUT2D eigenvalue weighted by molar-refractivity contribution is -0.127. The summed E-state index contributed by atoms with van der Waals surface area (Å²) in [4.78, 5) is 27.2. The summed E-state index contributed by atoms with van der Waals surface area (Å²) in [6, 6.07) is 29.5. The fraction of sp³-hybridized carbons (Fsp3) is 0.200. The van der Waals surface area contributed by atoms with Gasteiger partial charge in [-0.3, -0.25) is 9.59 Å². The molecule has 0 spiro atoms. The summed E-state index contributed by atoms with van der Waals surface area (Å²) < 4.78 is 0. The van der Waals surface area contributed by atoms with E-state index in [0.29, 0.717) is 13.0 Å². The number of carbonyl (C=O) groups excluding carboxylic acids is 2. The molecule has 4 nitrogen and oxygen atoms in total. The normalized spacial score (nSPS) is 17.2. The highest BCUT2D eigenvalue weighted by Crippen LogP contribution is 2.26. The third kappa shape index (κ3) is 4.54. The molecule has 1 fully saturated rings. The molecule has 1 saturated heterocycles. The molecule has 146 valence electrons. The molecule has 3 aromatic carbocycles. The average molecular weight is 384 g/mol. The van der Waals surface area contributed by atoms with Gasteiger partial charge in [-0.05, 0) is 29.7 Å². The first-order valence-corrected chi connectivity index (χ1v) is 9.95. The van der Waals surface area contributed by atoms with Crippen LogP contribution in [-0.4, -0.2) is 18.4 Å². The SMILES string of the molecule is O=C(N[C@H](Cc1ccccc1)c1ccccc1)[C@H]1CC(=O)N(c2ccccc2)C1. The van der Waals surface area contributed by atoms with Crippen molar-refractivity contribution in [3.05, 3.63) is 102 Å². The average Bonchev–Trinajstić information content (AvgIpc) is 3.17. The van der Waals surface area contributed by atoms with Crippen molar-refractivity contribution in [1.29, 1.82) is 0 Å². The molecule has 4 rings (SSSR count). The van der Waals surface area contributed by atoms with Crippen molar-refractivity contribution in [3.8, 4) is 0 Å². The van der Waals surface area contributed by atoms with E-state index >= 15 is 0 Å². The number of nitrogens with zero attached hydrogens (tertiary/aromatic N) is 1. The second-order valence-corrected chi connectivity index (χ2v) is 7.40. The van der Waals surface area contributed by atoms with Gasteiger partial charge in [-0.15, -0.1) is 0 Å². The van der Waals surface area contributed by atoms with Crippen LogP contribution in [0.1, 0.15) is 23.6 Å². The number of carbonyl (C=O) groups is 2. The molecule has 0 unspecified atom stereocenters. The summed E-state index contributed by atoms with van der Waals surface area (Å²) >= 11 is 0. The van der Waals surface area contributed by atoms with Gasteiger partial charge < -0.3 is 10.2 Å². The molecule has 0 saturated carbocycles. The highest BCUT2D eigenvalue weighted by Gasteiger charge is 2.35. The standard InChI is InChI=1S/C25H24N2O2/c28-24-17-21(18-27(24)22-14-8-3-9-15-22)25(29)26-23(20-12-6-2-7-13-20)16-19-10-4-1-5-11-19/h1-15,21,23H,16-18H2,(H,26,29)/t21-,23+/m0/s1. The van der Waals surface area contributed by atoms with Gasteiger partial charge in [-0.2, -0.15) is 0 Å². The lowest BCUT2D eigenvalue weighted by Gasteiger charge is -2.22. The van der Waals surface area contributed by atoms with Gasteiger partial charge in [0.05, 0.1) is 12.0 Å². The van der Waals surface area contributed by atoms with Gasteiger partial charge in [0.25, 0.3) is 0 Å². The van der Waals surface area contributed by atoms with Crippen LogP contribution in [0.2, 0.25) is 0 Å². The molecule has 1 aliphatic rings. The Morgan fingerprint density at radius 2 is 1.48 bits per heavy atom. The maximum atomic E-state index is 13.1. The van der Waals surface area contributed by atoms with Crippen LogP contribution >= 0.6 is 0 Å². The smallest absolute Gasteiger partial charge is 0.227 e. The van der Waals surface area contributed by atoms with E-state index in [0.717, 1.165) is 16.8 Å². The molecule has 1 heterocycles. The van der Waals surface area contributed by atoms with Gasteiger partial charge in [-0.25, -0.2) is 0 Å². The van der Waals surface area contributed by atoms with Crippen LogP contribution in [0.4, 0.5) is 5.69 Å². The minimum atomic E-state index is -0.343. The quantitative estimate of drug-likeness (QED) is 0.694. The third-order valence-corrected chi connectivity index (χ3v) is 5.36. The van der Waals surface area contributed by atoms with Crippen molar-refractivity contribution < 1.29 is 9.59 Å². The molecule has 0 radical (unpaired) electrons. The van der Waals surface area contributed by atoms with Gasteiger partial charge >= 0.3 is 0 Å². The first kappa shape index (κ1) is 18.9. The van der Waals surface area contributed by atoms with Crippen molar-refractivity contribution in [2.75, 3.05) is 11.4 Å². The number of nitrogens with one attached hydrogen (secondary N) is 1. The van der Waals surface area contributed by atoms with Crippen LogP contribution in [0.25, 0.3) is 0 Å². The van der Waals surface area contributed by atoms with Crippen LogP contribution in [-0.2, 0) is 16.0 Å². The Hall–Kier alpha value is -3.40. The van der Waals surface area contributed by atoms with E-state index in [9.17, 15) is 9.59 Å². The summed E-state index contributed by atoms with van der Waals surface area (Å²) in [7, 11) is 0. The number of benzene rings is 3. The molecule has 0 aromatic heterocycles. The van der Waals surface area contributed by atoms with Gasteiger partial charge in [0.2, 0.25) is 11.8 Å². The topological polar surface area (TPSA) is 49.4 Å². The van der Waals surface area contributed by atoms with Gasteiger partial charge in [0, 0.05) is 18.7 Å². The first-order valence-electron chi connectivity index (χ1n) is 9.95. The van der Waals surface area contributed by atoms with E-state index in [1.54, 1.807) is 4.90 Å². The summed E-state index contributed by atoms with van der Waals surface area (Å²) in [5.41, 5.74) is 3.07. The molecule has 1 aliphatic heterocycles. The number of anilines is 1. The zero-order chi connectivity index (χ0) is 20.1. The van der Waals surface area contributed by atoms with Crippen LogP contribution in [0.5, 0.6) is 0 Å². The van der Waals surface area contributed by atoms with Crippen LogP contribution in [0.15, 0.2) is 91.0 Å². The molecule has 29 heavy (non-hydrogen) atoms. The Labute approximate surface area is 171 Å². The predicted molar refractivity (Wildman–Crippen MR) is 114 cm³/mol. The maximum Gasteiger partial charge on any atom is 0.227 e. The zero-order valence-electron chi connectivity index (χ0n) is 16.2. The molecular formula is C25H24N2O2. The Kier molecular flexibility index (Phi) is 5.71. The lowest BCUT2D eigenvalue weighted by atomic mass is 9.97. The summed E-state index contributed by atoms with van der Waals surface area (Å²) in [6.45, 7) is 0.418. The Morgan fingerprint density at radius 1 is 0.897 bits per heavy atom. The van der Waals surface area contributed by atoms with E-state index in [1.807, 2.05) is 78.9 Å². The van der Waals surface area contributed by atoms with E-state index < -0.39 is 0 Å². The second-order valence-electron chi connectivity index (χ2n) is 7.40. The molecule has 1 N–H and O–H groups in total. The zero-order valence-corrected chi connectivity index (χ0v) is 16.2. The van der Waals surface area contributed by atoms with Gasteiger partial charge in [0.1, 0.15) is 0 Å². The molecule has 4 heteroatoms. The van der Waals surface area contributed by atoms with Gasteiger partial charge in [-0.1, -0.05) is 78.9 Å². The van der Waals surface area contributed by atoms with E-state index in [4.69, 9.17) is 0 Å². The minimum absolute atomic E-state index is 0.00401. The van der Waals surface area contributed by atoms with Gasteiger partial charge in [0.15, 0.2) is 0 Å². The number of para-hydroxylation sites is 1. The fourth-order valence-corrected chi connectivity index (χ4v) is 3.82. The van der Waals surface area contributed by atoms with Crippen LogP contribution in [0, 0.1) is 5.92 Å². The van der Waals surface area contributed by atoms with E-state index in [1.165, 1.54) is 0 Å². The molecular weight excluding hydrogens is 360 g/mol. The molecule has 0 aliphatic carbocycles. The summed E-state index contributed by atoms with van der Waals surface area (Å²) in [6.07, 6.45) is 0.952. The van der Waals surface area contributed by atoms with Crippen molar-refractivity contribution in [2.24, 2.45) is 5.92 Å². The summed E-state index contributed by atoms with van der Waals surface area (Å²) in [5, 5.41) is 3.20. The van der Waals surface area contributed by atoms with Crippen molar-refractivity contribution in [2.45, 2.75) is 18.9 Å². The maximum absolute atomic E-state index is 13.1. The highest BCUT2D eigenvalue weighted by molar-refractivity contribution is 6.00. The largest absolute Gasteiger partial charge is 0.349 e. The third-order valence-electron chi connectivity index (χ3n) is 5.36. The first-order chi connectivity index (χ1) is 14.2. The molecule has 2 atom stereocenters. The monoisotopic (exact) mass is 384 g/mol. The molecule has 3 aromatic rings. The van der Waals surface area contributed by atoms with E-state index in [-0.39, 0.29) is 30.2 Å². The van der Waals surface area contributed by atoms with Crippen molar-refractivity contribution in [1.82, 2.24) is 5.32 Å². The Morgan fingerprint density at radius 3 is 2.14 bits per heavy atom. The summed E-state index contributed by atoms with van der Waals surface area (Å²) in [5.74, 6) is -0.415. The predicted octanol–water partition coefficient (Wildman–Crippen LogP) is 4.14. The molecule has 0 bridgehead atoms. The Balaban J connectivity index is 1.49. The second kappa shape index (κ2) is 8.74. The van der Waals surface area contributed by atoms with Crippen molar-refractivity contribution >= 4 is 17.5 Å².